The van der Waals surface area contributed by atoms with Crippen LogP contribution in [0, 0.1) is 34.0 Å². The molecule has 13 nitrogen and oxygen atoms in total. The molecule has 380 valence electrons. The van der Waals surface area contributed by atoms with Crippen LogP contribution in [0.2, 0.25) is 15.1 Å². The Morgan fingerprint density at radius 1 is 0.481 bits per heavy atom. The fourth-order valence-electron chi connectivity index (χ4n) is 12.2. The van der Waals surface area contributed by atoms with Gasteiger partial charge in [0.1, 0.15) is 22.0 Å². The number of rotatable bonds is 4. The predicted molar refractivity (Wildman–Crippen MR) is 290 cm³/mol. The minimum absolute atomic E-state index is 0.0341. The van der Waals surface area contributed by atoms with Crippen molar-refractivity contribution in [3.8, 4) is 18.2 Å². The van der Waals surface area contributed by atoms with Crippen LogP contribution in [0.3, 0.4) is 0 Å². The Balaban J connectivity index is 0.000000131. The first-order valence-electron chi connectivity index (χ1n) is 24.4. The SMILES string of the molecule is CO[C@H]1CC(=O)C[C@@H](c2cccc(C#N)c2)[C@]12C(=O)Nc1cc(Cl)ccc12.N#Cc1cccc([C@@H]2CC(=O)C=C[C@@]23C(=O)Nc2cc(Cl)ccc23)c1.N#Cc1cccc([C@H]2CC(=O)C=C[C@@]23C(=O)Nc2cc(Cl)ccc23)c1. The molecule has 6 aromatic carbocycles. The summed E-state index contributed by atoms with van der Waals surface area (Å²) in [6.07, 6.45) is 6.54. The third-order valence-electron chi connectivity index (χ3n) is 15.6. The summed E-state index contributed by atoms with van der Waals surface area (Å²) in [6.45, 7) is 0. The van der Waals surface area contributed by atoms with Crippen LogP contribution in [0.5, 0.6) is 0 Å². The molecule has 1 saturated carbocycles. The van der Waals surface area contributed by atoms with Gasteiger partial charge >= 0.3 is 0 Å². The third kappa shape index (κ3) is 8.89. The maximum absolute atomic E-state index is 13.3. The van der Waals surface area contributed by atoms with E-state index in [1.807, 2.05) is 36.4 Å². The van der Waals surface area contributed by atoms with E-state index in [-0.39, 0.29) is 72.6 Å². The summed E-state index contributed by atoms with van der Waals surface area (Å²) in [6, 6.07) is 43.5. The van der Waals surface area contributed by atoms with E-state index in [2.05, 4.69) is 34.2 Å². The van der Waals surface area contributed by atoms with Crippen molar-refractivity contribution in [2.75, 3.05) is 23.1 Å². The molecule has 12 rings (SSSR count). The van der Waals surface area contributed by atoms with Gasteiger partial charge in [0.2, 0.25) is 17.7 Å². The molecule has 3 amide bonds. The summed E-state index contributed by atoms with van der Waals surface area (Å²) in [5.41, 5.74) is 5.26. The van der Waals surface area contributed by atoms with Crippen LogP contribution in [0.15, 0.2) is 152 Å². The summed E-state index contributed by atoms with van der Waals surface area (Å²) in [4.78, 5) is 76.0. The first kappa shape index (κ1) is 52.0. The predicted octanol–water partition coefficient (Wildman–Crippen LogP) is 11.0. The number of benzene rings is 6. The van der Waals surface area contributed by atoms with Crippen LogP contribution in [0.25, 0.3) is 0 Å². The number of halogens is 3. The zero-order valence-electron chi connectivity index (χ0n) is 40.9. The van der Waals surface area contributed by atoms with Crippen LogP contribution in [-0.4, -0.2) is 48.3 Å². The highest BCUT2D eigenvalue weighted by Gasteiger charge is 2.61. The second-order valence-corrected chi connectivity index (χ2v) is 20.9. The van der Waals surface area contributed by atoms with E-state index in [9.17, 15) is 44.6 Å². The number of carbonyl (C=O) groups excluding carboxylic acids is 6. The summed E-state index contributed by atoms with van der Waals surface area (Å²) in [7, 11) is 1.52. The van der Waals surface area contributed by atoms with Gasteiger partial charge in [-0.25, -0.2) is 0 Å². The fraction of sp³-hybridized carbons (Fsp3) is 0.197. The Morgan fingerprint density at radius 2 is 0.870 bits per heavy atom. The molecule has 3 heterocycles. The van der Waals surface area contributed by atoms with Crippen LogP contribution in [-0.2, 0) is 49.7 Å². The number of anilines is 3. The van der Waals surface area contributed by atoms with Crippen molar-refractivity contribution in [3.05, 3.63) is 217 Å². The average molecular weight is 1080 g/mol. The molecule has 3 aliphatic heterocycles. The van der Waals surface area contributed by atoms with Crippen molar-refractivity contribution < 1.29 is 33.5 Å². The number of nitrogens with one attached hydrogen (secondary N) is 3. The highest BCUT2D eigenvalue weighted by Crippen LogP contribution is 2.56. The van der Waals surface area contributed by atoms with Crippen LogP contribution in [0.4, 0.5) is 17.1 Å². The molecular weight excluding hydrogens is 1040 g/mol. The number of Topliss-reactive ketones (excluding diaryl/α,β-unsaturated/α-hetero) is 1. The van der Waals surface area contributed by atoms with Gasteiger partial charge in [-0.2, -0.15) is 15.8 Å². The minimum Gasteiger partial charge on any atom is -0.379 e. The number of amides is 3. The van der Waals surface area contributed by atoms with Crippen molar-refractivity contribution in [1.82, 2.24) is 0 Å². The smallest absolute Gasteiger partial charge is 0.239 e. The maximum atomic E-state index is 13.3. The van der Waals surface area contributed by atoms with Crippen LogP contribution in [0.1, 0.15) is 93.5 Å². The number of methoxy groups -OCH3 is 1. The maximum Gasteiger partial charge on any atom is 0.239 e. The lowest BCUT2D eigenvalue weighted by Gasteiger charge is -2.44. The Morgan fingerprint density at radius 3 is 1.29 bits per heavy atom. The standard InChI is InChI=1S/C21H17ClN2O3.2C20H13ClN2O2/c1-27-19-10-15(25)9-17(13-4-2-3-12(7-13)11-23)21(19)16-6-5-14(22)8-18(16)24-20(21)26;2*21-14-4-5-16-18(9-14)23-19(25)20(16)7-6-15(24)10-17(20)13-3-1-2-12(8-13)11-22/h2-8,17,19H,9-10H2,1H3,(H,24,26);2*1-9,17H,10H2,(H,23,25)/t17-,19-,21-;17-,20+;17-,20-/m010/s1. The number of nitrogens with zero attached hydrogens (tertiary/aromatic N) is 3. The lowest BCUT2D eigenvalue weighted by atomic mass is 9.59. The van der Waals surface area contributed by atoms with Gasteiger partial charge in [-0.15, -0.1) is 0 Å². The fourth-order valence-corrected chi connectivity index (χ4v) is 12.7. The van der Waals surface area contributed by atoms with Crippen molar-refractivity contribution in [2.45, 2.75) is 65.8 Å². The van der Waals surface area contributed by atoms with Crippen LogP contribution >= 0.6 is 34.8 Å². The highest BCUT2D eigenvalue weighted by atomic mass is 35.5. The van der Waals surface area contributed by atoms with E-state index >= 15 is 0 Å². The monoisotopic (exact) mass is 1080 g/mol. The number of allylic oxidation sites excluding steroid dienone is 2. The van der Waals surface area contributed by atoms with Crippen LogP contribution < -0.4 is 16.0 Å². The lowest BCUT2D eigenvalue weighted by Crippen LogP contribution is -2.55. The quantitative estimate of drug-likeness (QED) is 0.152. The van der Waals surface area contributed by atoms with Gasteiger partial charge in [0.05, 0.1) is 41.0 Å². The molecule has 7 atom stereocenters. The number of ketones is 3. The Bertz CT molecular complexity index is 3580. The molecule has 77 heavy (non-hydrogen) atoms. The summed E-state index contributed by atoms with van der Waals surface area (Å²) in [5.74, 6) is -1.77. The van der Waals surface area contributed by atoms with Crippen molar-refractivity contribution >= 4 is 86.9 Å². The van der Waals surface area contributed by atoms with Gasteiger partial charge in [0.25, 0.3) is 0 Å². The molecule has 0 aromatic heterocycles. The lowest BCUT2D eigenvalue weighted by molar-refractivity contribution is -0.137. The first-order chi connectivity index (χ1) is 37.1. The molecule has 6 aromatic rings. The molecule has 6 aliphatic rings. The number of carbonyl (C=O) groups is 6. The number of hydrogen-bond donors (Lipinski definition) is 3. The van der Waals surface area contributed by atoms with E-state index in [4.69, 9.17) is 39.5 Å². The summed E-state index contributed by atoms with van der Waals surface area (Å²) < 4.78 is 5.69. The average Bonchev–Trinajstić information content (AvgIpc) is 4.01. The van der Waals surface area contributed by atoms with E-state index in [0.717, 1.165) is 33.4 Å². The van der Waals surface area contributed by atoms with E-state index in [0.29, 0.717) is 48.8 Å². The molecule has 0 radical (unpaired) electrons. The van der Waals surface area contributed by atoms with E-state index in [1.165, 1.54) is 19.3 Å². The minimum atomic E-state index is -1.04. The van der Waals surface area contributed by atoms with Gasteiger partial charge in [-0.3, -0.25) is 28.8 Å². The zero-order chi connectivity index (χ0) is 54.4. The van der Waals surface area contributed by atoms with E-state index < -0.39 is 28.3 Å². The number of ether oxygens (including phenoxy) is 1. The second-order valence-electron chi connectivity index (χ2n) is 19.6. The molecule has 3 aliphatic carbocycles. The molecule has 1 fully saturated rings. The normalized spacial score (nSPS) is 24.9. The summed E-state index contributed by atoms with van der Waals surface area (Å²) >= 11 is 18.2. The topological polar surface area (TPSA) is 219 Å². The van der Waals surface area contributed by atoms with Crippen molar-refractivity contribution in [2.24, 2.45) is 0 Å². The van der Waals surface area contributed by atoms with Gasteiger partial charge in [-0.05, 0) is 118 Å². The Kier molecular flexibility index (Phi) is 13.9. The molecule has 0 saturated heterocycles. The molecule has 0 bridgehead atoms. The number of fused-ring (bicyclic) bond motifs is 6. The highest BCUT2D eigenvalue weighted by molar-refractivity contribution is 6.32. The first-order valence-corrected chi connectivity index (χ1v) is 25.6. The number of nitriles is 3. The van der Waals surface area contributed by atoms with Gasteiger partial charge in [-0.1, -0.05) is 102 Å². The third-order valence-corrected chi connectivity index (χ3v) is 16.3. The Hall–Kier alpha value is -8.48. The van der Waals surface area contributed by atoms with Gasteiger partial charge < -0.3 is 20.7 Å². The van der Waals surface area contributed by atoms with E-state index in [1.54, 1.807) is 103 Å². The second kappa shape index (κ2) is 20.6. The molecule has 3 N–H and O–H groups in total. The van der Waals surface area contributed by atoms with Gasteiger partial charge in [0.15, 0.2) is 11.6 Å². The molecule has 16 heteroatoms. The Labute approximate surface area is 457 Å². The largest absolute Gasteiger partial charge is 0.379 e. The van der Waals surface area contributed by atoms with Crippen molar-refractivity contribution in [3.63, 3.8) is 0 Å². The molecule has 3 spiro atoms. The van der Waals surface area contributed by atoms with Gasteiger partial charge in [0, 0.05) is 82.7 Å². The molecule has 0 unspecified atom stereocenters. The zero-order valence-corrected chi connectivity index (χ0v) is 43.2. The van der Waals surface area contributed by atoms with Crippen molar-refractivity contribution in [1.29, 1.82) is 15.8 Å². The summed E-state index contributed by atoms with van der Waals surface area (Å²) in [5, 5.41) is 37.9. The molecular formula is C61H43Cl3N6O7. The number of hydrogen-bond acceptors (Lipinski definition) is 10.